The van der Waals surface area contributed by atoms with Crippen molar-refractivity contribution >= 4 is 46.3 Å². The molecule has 1 unspecified atom stereocenters. The summed E-state index contributed by atoms with van der Waals surface area (Å²) in [6, 6.07) is 8.87. The van der Waals surface area contributed by atoms with Gasteiger partial charge in [0.25, 0.3) is 5.91 Å². The molecule has 0 aromatic heterocycles. The Balaban J connectivity index is 2.25. The van der Waals surface area contributed by atoms with E-state index in [1.54, 1.807) is 6.08 Å². The summed E-state index contributed by atoms with van der Waals surface area (Å²) in [4.78, 5) is 26.0. The Labute approximate surface area is 157 Å². The molecule has 1 aliphatic heterocycles. The van der Waals surface area contributed by atoms with Crippen molar-refractivity contribution in [1.82, 2.24) is 4.90 Å². The topological polar surface area (TPSA) is 57.6 Å². The molecule has 4 nitrogen and oxygen atoms in total. The number of carbonyl (C=O) groups is 2. The highest BCUT2D eigenvalue weighted by atomic mass is 32.2. The van der Waals surface area contributed by atoms with Gasteiger partial charge in [-0.05, 0) is 36.5 Å². The molecule has 1 aromatic carbocycles. The highest BCUT2D eigenvalue weighted by molar-refractivity contribution is 8.26. The molecular weight excluding hydrogens is 354 g/mol. The highest BCUT2D eigenvalue weighted by Crippen LogP contribution is 2.34. The van der Waals surface area contributed by atoms with Gasteiger partial charge in [-0.2, -0.15) is 0 Å². The quantitative estimate of drug-likeness (QED) is 0.592. The number of allylic oxidation sites excluding steroid dienone is 2. The maximum Gasteiger partial charge on any atom is 0.326 e. The summed E-state index contributed by atoms with van der Waals surface area (Å²) in [6.45, 7) is 5.76. The van der Waals surface area contributed by atoms with Crippen molar-refractivity contribution in [1.29, 1.82) is 0 Å². The van der Waals surface area contributed by atoms with Crippen molar-refractivity contribution in [2.24, 2.45) is 5.92 Å². The van der Waals surface area contributed by atoms with E-state index in [2.05, 4.69) is 0 Å². The molecule has 1 atom stereocenters. The number of nitrogens with zero attached hydrogens (tertiary/aromatic N) is 1. The Kier molecular flexibility index (Phi) is 6.56. The molecule has 1 N–H and O–H groups in total. The predicted molar refractivity (Wildman–Crippen MR) is 106 cm³/mol. The number of carbonyl (C=O) groups excluding carboxylic acids is 1. The number of carboxylic acid groups (broad SMARTS) is 1. The number of hydrogen-bond acceptors (Lipinski definition) is 4. The molecule has 0 spiro atoms. The zero-order valence-electron chi connectivity index (χ0n) is 14.4. The normalized spacial score (nSPS) is 18.3. The van der Waals surface area contributed by atoms with E-state index in [1.807, 2.05) is 57.2 Å². The van der Waals surface area contributed by atoms with Gasteiger partial charge in [-0.1, -0.05) is 74.2 Å². The number of benzene rings is 1. The minimum atomic E-state index is -1.03. The summed E-state index contributed by atoms with van der Waals surface area (Å²) in [7, 11) is 0. The largest absolute Gasteiger partial charge is 0.480 e. The van der Waals surface area contributed by atoms with Crippen LogP contribution in [0.5, 0.6) is 0 Å². The molecule has 6 heteroatoms. The molecule has 0 saturated carbocycles. The van der Waals surface area contributed by atoms with Crippen LogP contribution in [0, 0.1) is 5.92 Å². The van der Waals surface area contributed by atoms with Gasteiger partial charge in [0.2, 0.25) is 0 Å². The summed E-state index contributed by atoms with van der Waals surface area (Å²) in [5.74, 6) is -1.21. The number of carboxylic acids is 1. The van der Waals surface area contributed by atoms with Crippen LogP contribution in [0.1, 0.15) is 32.8 Å². The zero-order valence-corrected chi connectivity index (χ0v) is 16.1. The molecule has 25 heavy (non-hydrogen) atoms. The van der Waals surface area contributed by atoms with Gasteiger partial charge < -0.3 is 5.11 Å². The third-order valence-electron chi connectivity index (χ3n) is 3.67. The Morgan fingerprint density at radius 2 is 1.96 bits per heavy atom. The molecule has 1 aliphatic rings. The Hall–Kier alpha value is -1.92. The van der Waals surface area contributed by atoms with E-state index in [4.69, 9.17) is 12.2 Å². The first-order chi connectivity index (χ1) is 11.8. The first-order valence-electron chi connectivity index (χ1n) is 8.02. The lowest BCUT2D eigenvalue weighted by molar-refractivity contribution is -0.145. The fourth-order valence-electron chi connectivity index (χ4n) is 2.57. The van der Waals surface area contributed by atoms with Gasteiger partial charge in [-0.3, -0.25) is 9.69 Å². The molecule has 132 valence electrons. The van der Waals surface area contributed by atoms with E-state index in [0.717, 1.165) is 22.9 Å². The average Bonchev–Trinajstić information content (AvgIpc) is 2.79. The van der Waals surface area contributed by atoms with Gasteiger partial charge in [0.05, 0.1) is 4.91 Å². The van der Waals surface area contributed by atoms with Crippen molar-refractivity contribution in [3.05, 3.63) is 52.4 Å². The van der Waals surface area contributed by atoms with Gasteiger partial charge in [0.1, 0.15) is 10.4 Å². The molecule has 0 radical (unpaired) electrons. The van der Waals surface area contributed by atoms with Crippen LogP contribution in [0.15, 0.2) is 46.9 Å². The van der Waals surface area contributed by atoms with E-state index in [0.29, 0.717) is 15.6 Å². The van der Waals surface area contributed by atoms with Crippen molar-refractivity contribution < 1.29 is 14.7 Å². The van der Waals surface area contributed by atoms with Gasteiger partial charge in [-0.25, -0.2) is 4.79 Å². The second kappa shape index (κ2) is 8.45. The number of thioether (sulfide) groups is 1. The second-order valence-electron chi connectivity index (χ2n) is 6.33. The monoisotopic (exact) mass is 375 g/mol. The standard InChI is InChI=1S/C19H21NO3S2/c1-12(2)9-15(18(22)23)20-17(21)16(25-19(20)24)11-13(3)10-14-7-5-4-6-8-14/h4-8,10-12,15H,9H2,1-3H3,(H,22,23)/b13-10+,16-11-. The van der Waals surface area contributed by atoms with E-state index in [9.17, 15) is 14.7 Å². The lowest BCUT2D eigenvalue weighted by Crippen LogP contribution is -2.44. The van der Waals surface area contributed by atoms with E-state index in [-0.39, 0.29) is 11.8 Å². The molecule has 1 heterocycles. The fourth-order valence-corrected chi connectivity index (χ4v) is 3.98. The van der Waals surface area contributed by atoms with Crippen LogP contribution in [0.25, 0.3) is 6.08 Å². The van der Waals surface area contributed by atoms with Gasteiger partial charge >= 0.3 is 5.97 Å². The summed E-state index contributed by atoms with van der Waals surface area (Å²) in [5.41, 5.74) is 1.94. The third kappa shape index (κ3) is 5.03. The summed E-state index contributed by atoms with van der Waals surface area (Å²) >= 11 is 6.43. The van der Waals surface area contributed by atoms with Gasteiger partial charge in [0, 0.05) is 0 Å². The van der Waals surface area contributed by atoms with Crippen LogP contribution in [0.4, 0.5) is 0 Å². The smallest absolute Gasteiger partial charge is 0.326 e. The lowest BCUT2D eigenvalue weighted by Gasteiger charge is -2.24. The Morgan fingerprint density at radius 3 is 2.52 bits per heavy atom. The number of amides is 1. The van der Waals surface area contributed by atoms with Crippen molar-refractivity contribution in [3.63, 3.8) is 0 Å². The van der Waals surface area contributed by atoms with Crippen molar-refractivity contribution in [3.8, 4) is 0 Å². The number of thiocarbonyl (C=S) groups is 1. The highest BCUT2D eigenvalue weighted by Gasteiger charge is 2.40. The minimum Gasteiger partial charge on any atom is -0.480 e. The number of hydrogen-bond donors (Lipinski definition) is 1. The molecule has 1 saturated heterocycles. The summed E-state index contributed by atoms with van der Waals surface area (Å²) in [6.07, 6.45) is 4.10. The average molecular weight is 376 g/mol. The fraction of sp³-hybridized carbons (Fsp3) is 0.316. The van der Waals surface area contributed by atoms with E-state index in [1.165, 1.54) is 4.90 Å². The lowest BCUT2D eigenvalue weighted by atomic mass is 10.0. The number of aliphatic carboxylic acids is 1. The zero-order chi connectivity index (χ0) is 18.6. The van der Waals surface area contributed by atoms with Crippen LogP contribution >= 0.6 is 24.0 Å². The molecule has 1 fully saturated rings. The Morgan fingerprint density at radius 1 is 1.32 bits per heavy atom. The molecule has 2 rings (SSSR count). The summed E-state index contributed by atoms with van der Waals surface area (Å²) < 4.78 is 0.303. The maximum atomic E-state index is 12.7. The SMILES string of the molecule is CC(/C=C1\SC(=S)N(C(CC(C)C)C(=O)O)C1=O)=C\c1ccccc1. The minimum absolute atomic E-state index is 0.148. The van der Waals surface area contributed by atoms with E-state index < -0.39 is 12.0 Å². The van der Waals surface area contributed by atoms with Crippen LogP contribution in [-0.2, 0) is 9.59 Å². The van der Waals surface area contributed by atoms with E-state index >= 15 is 0 Å². The third-order valence-corrected chi connectivity index (χ3v) is 5.00. The van der Waals surface area contributed by atoms with Crippen molar-refractivity contribution in [2.75, 3.05) is 0 Å². The molecule has 0 bridgehead atoms. The molecule has 0 aliphatic carbocycles. The van der Waals surface area contributed by atoms with Crippen molar-refractivity contribution in [2.45, 2.75) is 33.2 Å². The molecular formula is C19H21NO3S2. The van der Waals surface area contributed by atoms with Gasteiger partial charge in [-0.15, -0.1) is 0 Å². The van der Waals surface area contributed by atoms with Crippen LogP contribution in [0.2, 0.25) is 0 Å². The molecule has 1 aromatic rings. The first kappa shape index (κ1) is 19.4. The second-order valence-corrected chi connectivity index (χ2v) is 8.01. The number of rotatable bonds is 6. The Bertz CT molecular complexity index is 738. The maximum absolute atomic E-state index is 12.7. The first-order valence-corrected chi connectivity index (χ1v) is 9.25. The van der Waals surface area contributed by atoms with Crippen LogP contribution in [0.3, 0.4) is 0 Å². The molecule has 1 amide bonds. The summed E-state index contributed by atoms with van der Waals surface area (Å²) in [5, 5.41) is 9.49. The predicted octanol–water partition coefficient (Wildman–Crippen LogP) is 4.33. The van der Waals surface area contributed by atoms with Gasteiger partial charge in [0.15, 0.2) is 0 Å². The van der Waals surface area contributed by atoms with Crippen LogP contribution in [-0.4, -0.2) is 32.2 Å². The van der Waals surface area contributed by atoms with Crippen LogP contribution < -0.4 is 0 Å².